The van der Waals surface area contributed by atoms with Gasteiger partial charge in [0, 0.05) is 51.4 Å². The summed E-state index contributed by atoms with van der Waals surface area (Å²) in [6.45, 7) is 3.40. The third kappa shape index (κ3) is 4.17. The molecule has 0 aromatic heterocycles. The molecule has 3 saturated heterocycles. The van der Waals surface area contributed by atoms with E-state index in [2.05, 4.69) is 5.32 Å². The van der Waals surface area contributed by atoms with Crippen molar-refractivity contribution in [3.63, 3.8) is 0 Å². The lowest BCUT2D eigenvalue weighted by molar-refractivity contribution is -0.144. The molecule has 3 heterocycles. The number of anilines is 1. The minimum Gasteiger partial charge on any atom is -0.469 e. The molecule has 4 rings (SSSR count). The van der Waals surface area contributed by atoms with Crippen molar-refractivity contribution in [3.8, 4) is 0 Å². The molecule has 31 heavy (non-hydrogen) atoms. The van der Waals surface area contributed by atoms with E-state index in [4.69, 9.17) is 9.47 Å². The van der Waals surface area contributed by atoms with Gasteiger partial charge in [-0.2, -0.15) is 0 Å². The summed E-state index contributed by atoms with van der Waals surface area (Å²) < 4.78 is 10.9. The fourth-order valence-corrected chi connectivity index (χ4v) is 4.60. The Balaban J connectivity index is 1.50. The normalized spacial score (nSPS) is 26.0. The zero-order valence-electron chi connectivity index (χ0n) is 17.6. The SMILES string of the molecule is COC(=O)CC[C@@]1(c2ccc(N3CC4CN(C(=O)O)CCN4C3=O)cc2)CNCCO1. The van der Waals surface area contributed by atoms with Gasteiger partial charge in [-0.15, -0.1) is 0 Å². The van der Waals surface area contributed by atoms with Crippen molar-refractivity contribution in [2.75, 3.05) is 57.9 Å². The van der Waals surface area contributed by atoms with Gasteiger partial charge in [0.1, 0.15) is 5.60 Å². The number of piperazine rings is 1. The van der Waals surface area contributed by atoms with Gasteiger partial charge in [-0.3, -0.25) is 9.69 Å². The van der Waals surface area contributed by atoms with Crippen LogP contribution >= 0.6 is 0 Å². The first kappa shape index (κ1) is 21.4. The maximum Gasteiger partial charge on any atom is 0.407 e. The molecular formula is C21H28N4O6. The second-order valence-corrected chi connectivity index (χ2v) is 8.11. The van der Waals surface area contributed by atoms with Crippen molar-refractivity contribution in [3.05, 3.63) is 29.8 Å². The minimum atomic E-state index is -0.951. The number of hydrogen-bond acceptors (Lipinski definition) is 6. The number of benzene rings is 1. The van der Waals surface area contributed by atoms with Crippen LogP contribution in [0.4, 0.5) is 15.3 Å². The highest BCUT2D eigenvalue weighted by Crippen LogP contribution is 2.34. The van der Waals surface area contributed by atoms with Crippen LogP contribution < -0.4 is 10.2 Å². The summed E-state index contributed by atoms with van der Waals surface area (Å²) in [6.07, 6.45) is -0.204. The van der Waals surface area contributed by atoms with Gasteiger partial charge in [-0.1, -0.05) is 12.1 Å². The van der Waals surface area contributed by atoms with Crippen LogP contribution in [-0.2, 0) is 19.9 Å². The van der Waals surface area contributed by atoms with E-state index in [9.17, 15) is 19.5 Å². The zero-order valence-corrected chi connectivity index (χ0v) is 17.6. The summed E-state index contributed by atoms with van der Waals surface area (Å²) in [5, 5.41) is 12.6. The first-order chi connectivity index (χ1) is 14.9. The van der Waals surface area contributed by atoms with Gasteiger partial charge in [-0.25, -0.2) is 9.59 Å². The smallest absolute Gasteiger partial charge is 0.407 e. The first-order valence-corrected chi connectivity index (χ1v) is 10.5. The Hall–Kier alpha value is -2.85. The molecule has 10 heteroatoms. The Labute approximate surface area is 180 Å². The number of morpholine rings is 1. The highest BCUT2D eigenvalue weighted by Gasteiger charge is 2.42. The van der Waals surface area contributed by atoms with Gasteiger partial charge in [-0.05, 0) is 24.1 Å². The van der Waals surface area contributed by atoms with E-state index < -0.39 is 11.7 Å². The predicted molar refractivity (Wildman–Crippen MR) is 111 cm³/mol. The highest BCUT2D eigenvalue weighted by atomic mass is 16.5. The maximum absolute atomic E-state index is 12.9. The molecule has 2 atom stereocenters. The van der Waals surface area contributed by atoms with Crippen LogP contribution in [0, 0.1) is 0 Å². The molecule has 0 bridgehead atoms. The number of urea groups is 1. The van der Waals surface area contributed by atoms with Gasteiger partial charge in [0.15, 0.2) is 0 Å². The molecule has 0 radical (unpaired) electrons. The molecule has 2 N–H and O–H groups in total. The fraction of sp³-hybridized carbons (Fsp3) is 0.571. The zero-order chi connectivity index (χ0) is 22.0. The van der Waals surface area contributed by atoms with E-state index in [1.807, 2.05) is 24.3 Å². The number of esters is 1. The monoisotopic (exact) mass is 432 g/mol. The number of fused-ring (bicyclic) bond motifs is 1. The van der Waals surface area contributed by atoms with Crippen molar-refractivity contribution in [1.29, 1.82) is 0 Å². The van der Waals surface area contributed by atoms with Gasteiger partial charge in [0.25, 0.3) is 0 Å². The highest BCUT2D eigenvalue weighted by molar-refractivity contribution is 5.95. The van der Waals surface area contributed by atoms with E-state index >= 15 is 0 Å². The lowest BCUT2D eigenvalue weighted by atomic mass is 9.87. The van der Waals surface area contributed by atoms with E-state index in [1.165, 1.54) is 12.0 Å². The summed E-state index contributed by atoms with van der Waals surface area (Å²) in [4.78, 5) is 40.6. The van der Waals surface area contributed by atoms with E-state index in [-0.39, 0.29) is 24.5 Å². The maximum atomic E-state index is 12.9. The third-order valence-electron chi connectivity index (χ3n) is 6.36. The molecule has 10 nitrogen and oxygen atoms in total. The Bertz CT molecular complexity index is 839. The fourth-order valence-electron chi connectivity index (χ4n) is 4.60. The van der Waals surface area contributed by atoms with Crippen LogP contribution in [-0.4, -0.2) is 92.0 Å². The van der Waals surface area contributed by atoms with Crippen molar-refractivity contribution in [2.24, 2.45) is 0 Å². The van der Waals surface area contributed by atoms with Crippen molar-refractivity contribution in [2.45, 2.75) is 24.5 Å². The quantitative estimate of drug-likeness (QED) is 0.669. The molecular weight excluding hydrogens is 404 g/mol. The van der Waals surface area contributed by atoms with Gasteiger partial charge in [0.2, 0.25) is 0 Å². The number of nitrogens with zero attached hydrogens (tertiary/aromatic N) is 3. The number of ether oxygens (including phenoxy) is 2. The number of hydrogen-bond donors (Lipinski definition) is 2. The van der Waals surface area contributed by atoms with Crippen LogP contribution in [0.1, 0.15) is 18.4 Å². The molecule has 0 aliphatic carbocycles. The van der Waals surface area contributed by atoms with Crippen molar-refractivity contribution >= 4 is 23.8 Å². The average molecular weight is 432 g/mol. The predicted octanol–water partition coefficient (Wildman–Crippen LogP) is 1.06. The summed E-state index contributed by atoms with van der Waals surface area (Å²) in [7, 11) is 1.38. The van der Waals surface area contributed by atoms with Crippen molar-refractivity contribution in [1.82, 2.24) is 15.1 Å². The standard InChI is InChI=1S/C21H28N4O6/c1-30-18(26)6-7-21(14-22-8-11-31-21)15-2-4-16(5-3-15)25-13-17-12-23(20(28)29)9-10-24(17)19(25)27/h2-5,17,22H,6-14H2,1H3,(H,28,29)/t17?,21-/m0/s1. The molecule has 1 aromatic rings. The van der Waals surface area contributed by atoms with Gasteiger partial charge >= 0.3 is 18.1 Å². The molecule has 0 saturated carbocycles. The number of nitrogens with one attached hydrogen (secondary N) is 1. The molecule has 1 aromatic carbocycles. The molecule has 1 unspecified atom stereocenters. The number of carbonyl (C=O) groups is 3. The molecule has 0 spiro atoms. The van der Waals surface area contributed by atoms with E-state index in [1.54, 1.807) is 9.80 Å². The molecule has 3 aliphatic rings. The number of carboxylic acid groups (broad SMARTS) is 1. The average Bonchev–Trinajstić information content (AvgIpc) is 3.14. The van der Waals surface area contributed by atoms with Crippen LogP contribution in [0.2, 0.25) is 0 Å². The largest absolute Gasteiger partial charge is 0.469 e. The first-order valence-electron chi connectivity index (χ1n) is 10.5. The van der Waals surface area contributed by atoms with Crippen LogP contribution in [0.15, 0.2) is 24.3 Å². The second-order valence-electron chi connectivity index (χ2n) is 8.11. The second kappa shape index (κ2) is 8.72. The summed E-state index contributed by atoms with van der Waals surface area (Å²) >= 11 is 0. The topological polar surface area (TPSA) is 112 Å². The number of amides is 3. The van der Waals surface area contributed by atoms with Crippen LogP contribution in [0.3, 0.4) is 0 Å². The summed E-state index contributed by atoms with van der Waals surface area (Å²) in [5.41, 5.74) is 1.07. The Morgan fingerprint density at radius 2 is 2.03 bits per heavy atom. The lowest BCUT2D eigenvalue weighted by Crippen LogP contribution is -2.53. The number of rotatable bonds is 5. The van der Waals surface area contributed by atoms with Crippen LogP contribution in [0.5, 0.6) is 0 Å². The van der Waals surface area contributed by atoms with E-state index in [0.29, 0.717) is 45.8 Å². The summed E-state index contributed by atoms with van der Waals surface area (Å²) in [5.74, 6) is -0.278. The Morgan fingerprint density at radius 1 is 1.26 bits per heavy atom. The van der Waals surface area contributed by atoms with E-state index in [0.717, 1.165) is 17.8 Å². The number of carbonyl (C=O) groups excluding carboxylic acids is 2. The lowest BCUT2D eigenvalue weighted by Gasteiger charge is -2.38. The Kier molecular flexibility index (Phi) is 6.01. The third-order valence-corrected chi connectivity index (χ3v) is 6.36. The minimum absolute atomic E-state index is 0.0984. The molecule has 3 fully saturated rings. The van der Waals surface area contributed by atoms with Crippen molar-refractivity contribution < 1.29 is 29.0 Å². The summed E-state index contributed by atoms with van der Waals surface area (Å²) in [6, 6.07) is 7.41. The molecule has 3 amide bonds. The van der Waals surface area contributed by atoms with Crippen LogP contribution in [0.25, 0.3) is 0 Å². The van der Waals surface area contributed by atoms with Gasteiger partial charge < -0.3 is 29.7 Å². The molecule has 168 valence electrons. The van der Waals surface area contributed by atoms with Gasteiger partial charge in [0.05, 0.1) is 19.8 Å². The Morgan fingerprint density at radius 3 is 2.68 bits per heavy atom. The number of methoxy groups -OCH3 is 1. The molecule has 3 aliphatic heterocycles.